The largest absolute Gasteiger partial charge is 0.370 e. The first-order chi connectivity index (χ1) is 9.17. The third kappa shape index (κ3) is 3.14. The lowest BCUT2D eigenvalue weighted by Gasteiger charge is -2.37. The summed E-state index contributed by atoms with van der Waals surface area (Å²) in [6.45, 7) is 5.67. The molecule has 1 aliphatic carbocycles. The smallest absolute Gasteiger partial charge is 0.0710 e. The van der Waals surface area contributed by atoms with Gasteiger partial charge in [-0.2, -0.15) is 0 Å². The molecule has 0 aromatic heterocycles. The molecule has 1 spiro atoms. The van der Waals surface area contributed by atoms with Crippen molar-refractivity contribution in [3.05, 3.63) is 0 Å². The quantitative estimate of drug-likeness (QED) is 0.835. The lowest BCUT2D eigenvalue weighted by atomic mass is 9.83. The van der Waals surface area contributed by atoms with E-state index in [0.29, 0.717) is 18.1 Å². The normalized spacial score (nSPS) is 39.8. The van der Waals surface area contributed by atoms with E-state index in [1.165, 1.54) is 57.9 Å². The summed E-state index contributed by atoms with van der Waals surface area (Å²) in [5, 5.41) is 0. The molecule has 0 bridgehead atoms. The number of hydrogen-bond acceptors (Lipinski definition) is 3. The highest BCUT2D eigenvalue weighted by Crippen LogP contribution is 2.42. The molecule has 3 heteroatoms. The van der Waals surface area contributed by atoms with Gasteiger partial charge in [0.1, 0.15) is 0 Å². The molecule has 3 nitrogen and oxygen atoms in total. The molecule has 0 amide bonds. The zero-order chi connectivity index (χ0) is 13.3. The maximum absolute atomic E-state index is 6.47. The van der Waals surface area contributed by atoms with Crippen LogP contribution in [0.3, 0.4) is 0 Å². The number of nitrogens with two attached hydrogens (primary N) is 1. The summed E-state index contributed by atoms with van der Waals surface area (Å²) >= 11 is 0. The Morgan fingerprint density at radius 1 is 1.16 bits per heavy atom. The number of rotatable bonds is 2. The van der Waals surface area contributed by atoms with Crippen molar-refractivity contribution in [3.63, 3.8) is 0 Å². The molecule has 3 fully saturated rings. The second kappa shape index (κ2) is 5.71. The van der Waals surface area contributed by atoms with Crippen LogP contribution in [0.25, 0.3) is 0 Å². The van der Waals surface area contributed by atoms with Crippen molar-refractivity contribution in [1.82, 2.24) is 4.90 Å². The van der Waals surface area contributed by atoms with E-state index >= 15 is 0 Å². The average Bonchev–Trinajstić information content (AvgIpc) is 2.78. The van der Waals surface area contributed by atoms with Gasteiger partial charge in [0, 0.05) is 19.1 Å². The summed E-state index contributed by atoms with van der Waals surface area (Å²) in [5.41, 5.74) is 6.47. The van der Waals surface area contributed by atoms with Crippen molar-refractivity contribution in [3.8, 4) is 0 Å². The molecule has 2 aliphatic heterocycles. The van der Waals surface area contributed by atoms with Gasteiger partial charge in [-0.25, -0.2) is 0 Å². The van der Waals surface area contributed by atoms with Crippen molar-refractivity contribution in [2.45, 2.75) is 76.0 Å². The molecule has 110 valence electrons. The van der Waals surface area contributed by atoms with Crippen LogP contribution in [0.2, 0.25) is 0 Å². The predicted octanol–water partition coefficient (Wildman–Crippen LogP) is 2.54. The van der Waals surface area contributed by atoms with Crippen LogP contribution >= 0.6 is 0 Å². The Bertz CT molecular complexity index is 301. The lowest BCUT2D eigenvalue weighted by molar-refractivity contribution is -0.0740. The van der Waals surface area contributed by atoms with Crippen LogP contribution in [0.15, 0.2) is 0 Å². The van der Waals surface area contributed by atoms with E-state index in [2.05, 4.69) is 11.8 Å². The van der Waals surface area contributed by atoms with Gasteiger partial charge in [0.05, 0.1) is 11.7 Å². The molecule has 1 saturated carbocycles. The first kappa shape index (κ1) is 13.8. The van der Waals surface area contributed by atoms with Crippen LogP contribution in [0.4, 0.5) is 0 Å². The first-order valence-corrected chi connectivity index (χ1v) is 8.33. The van der Waals surface area contributed by atoms with Crippen LogP contribution in [-0.4, -0.2) is 42.3 Å². The summed E-state index contributed by atoms with van der Waals surface area (Å²) in [7, 11) is 0. The lowest BCUT2D eigenvalue weighted by Crippen LogP contribution is -2.49. The van der Waals surface area contributed by atoms with Gasteiger partial charge in [-0.1, -0.05) is 26.2 Å². The summed E-state index contributed by atoms with van der Waals surface area (Å²) in [6, 6.07) is 0.360. The zero-order valence-corrected chi connectivity index (χ0v) is 12.4. The summed E-state index contributed by atoms with van der Waals surface area (Å²) in [4.78, 5) is 2.54. The van der Waals surface area contributed by atoms with Crippen molar-refractivity contribution in [2.75, 3.05) is 19.6 Å². The van der Waals surface area contributed by atoms with E-state index in [9.17, 15) is 0 Å². The van der Waals surface area contributed by atoms with Gasteiger partial charge < -0.3 is 10.5 Å². The zero-order valence-electron chi connectivity index (χ0n) is 12.4. The molecule has 0 radical (unpaired) electrons. The minimum Gasteiger partial charge on any atom is -0.370 e. The monoisotopic (exact) mass is 266 g/mol. The van der Waals surface area contributed by atoms with E-state index in [1.807, 2.05) is 0 Å². The van der Waals surface area contributed by atoms with E-state index in [-0.39, 0.29) is 5.60 Å². The fraction of sp³-hybridized carbons (Fsp3) is 1.00. The minimum atomic E-state index is 0.272. The Labute approximate surface area is 117 Å². The van der Waals surface area contributed by atoms with Gasteiger partial charge in [-0.05, 0) is 44.6 Å². The van der Waals surface area contributed by atoms with Crippen molar-refractivity contribution in [2.24, 2.45) is 11.7 Å². The fourth-order valence-electron chi connectivity index (χ4n) is 4.21. The van der Waals surface area contributed by atoms with Crippen molar-refractivity contribution in [1.29, 1.82) is 0 Å². The highest BCUT2D eigenvalue weighted by molar-refractivity contribution is 4.93. The summed E-state index contributed by atoms with van der Waals surface area (Å²) < 4.78 is 6.47. The molecule has 2 N–H and O–H groups in total. The van der Waals surface area contributed by atoms with Crippen LogP contribution < -0.4 is 5.73 Å². The highest BCUT2D eigenvalue weighted by atomic mass is 16.5. The van der Waals surface area contributed by atoms with Crippen molar-refractivity contribution < 1.29 is 4.74 Å². The maximum atomic E-state index is 6.47. The second-order valence-corrected chi connectivity index (χ2v) is 7.21. The van der Waals surface area contributed by atoms with Crippen LogP contribution in [0.1, 0.15) is 58.3 Å². The SMILES string of the molecule is CC1CCN(CC2CCC3(CCCCC3)O2)CC1N. The molecule has 3 rings (SSSR count). The Morgan fingerprint density at radius 3 is 2.68 bits per heavy atom. The van der Waals surface area contributed by atoms with E-state index < -0.39 is 0 Å². The number of piperidine rings is 1. The number of likely N-dealkylation sites (tertiary alicyclic amines) is 1. The Kier molecular flexibility index (Phi) is 4.16. The van der Waals surface area contributed by atoms with Crippen LogP contribution in [0.5, 0.6) is 0 Å². The standard InChI is InChI=1S/C16H30N2O/c1-13-6-10-18(12-15(13)17)11-14-5-9-16(19-14)7-3-2-4-8-16/h13-15H,2-12,17H2,1H3. The molecule has 0 aromatic carbocycles. The van der Waals surface area contributed by atoms with Gasteiger partial charge in [0.25, 0.3) is 0 Å². The van der Waals surface area contributed by atoms with Gasteiger partial charge in [-0.15, -0.1) is 0 Å². The maximum Gasteiger partial charge on any atom is 0.0710 e. The van der Waals surface area contributed by atoms with E-state index in [1.54, 1.807) is 0 Å². The Morgan fingerprint density at radius 2 is 1.95 bits per heavy atom. The molecular weight excluding hydrogens is 236 g/mol. The third-order valence-corrected chi connectivity index (χ3v) is 5.67. The molecule has 3 unspecified atom stereocenters. The second-order valence-electron chi connectivity index (χ2n) is 7.21. The Hall–Kier alpha value is -0.120. The van der Waals surface area contributed by atoms with Crippen molar-refractivity contribution >= 4 is 0 Å². The van der Waals surface area contributed by atoms with Gasteiger partial charge in [0.15, 0.2) is 0 Å². The predicted molar refractivity (Wildman–Crippen MR) is 78.1 cm³/mol. The van der Waals surface area contributed by atoms with E-state index in [4.69, 9.17) is 10.5 Å². The molecule has 3 atom stereocenters. The third-order valence-electron chi connectivity index (χ3n) is 5.67. The summed E-state index contributed by atoms with van der Waals surface area (Å²) in [6.07, 6.45) is 11.1. The first-order valence-electron chi connectivity index (χ1n) is 8.33. The molecule has 19 heavy (non-hydrogen) atoms. The minimum absolute atomic E-state index is 0.272. The van der Waals surface area contributed by atoms with Crippen LogP contribution in [0, 0.1) is 5.92 Å². The number of nitrogens with zero attached hydrogens (tertiary/aromatic N) is 1. The fourth-order valence-corrected chi connectivity index (χ4v) is 4.21. The summed E-state index contributed by atoms with van der Waals surface area (Å²) in [5.74, 6) is 0.686. The Balaban J connectivity index is 1.49. The van der Waals surface area contributed by atoms with Gasteiger partial charge >= 0.3 is 0 Å². The molecule has 3 aliphatic rings. The average molecular weight is 266 g/mol. The number of hydrogen-bond donors (Lipinski definition) is 1. The molecule has 0 aromatic rings. The van der Waals surface area contributed by atoms with Gasteiger partial charge in [-0.3, -0.25) is 4.90 Å². The topological polar surface area (TPSA) is 38.5 Å². The van der Waals surface area contributed by atoms with E-state index in [0.717, 1.165) is 13.1 Å². The van der Waals surface area contributed by atoms with Crippen LogP contribution in [-0.2, 0) is 4.74 Å². The molecular formula is C16H30N2O. The molecule has 2 heterocycles. The van der Waals surface area contributed by atoms with Gasteiger partial charge in [0.2, 0.25) is 0 Å². The number of ether oxygens (including phenoxy) is 1. The molecule has 2 saturated heterocycles. The highest BCUT2D eigenvalue weighted by Gasteiger charge is 2.41.